The van der Waals surface area contributed by atoms with E-state index in [4.69, 9.17) is 9.47 Å². The molecule has 0 aliphatic carbocycles. The number of aryl methyl sites for hydroxylation is 2. The fourth-order valence-electron chi connectivity index (χ4n) is 2.15. The first kappa shape index (κ1) is 16.7. The standard InChI is InChI=1S/C17H21N3O3/c1-5-22-14-8-7-13(10-15(14)23-6-2)16(21)20-17-18-11(3)9-12(4)19-17/h7-10H,5-6H2,1-4H3,(H,18,19,20,21). The van der Waals surface area contributed by atoms with E-state index in [-0.39, 0.29) is 5.91 Å². The van der Waals surface area contributed by atoms with Gasteiger partial charge in [0.05, 0.1) is 13.2 Å². The van der Waals surface area contributed by atoms with Crippen molar-refractivity contribution < 1.29 is 14.3 Å². The van der Waals surface area contributed by atoms with Crippen molar-refractivity contribution in [3.63, 3.8) is 0 Å². The van der Waals surface area contributed by atoms with E-state index in [1.807, 2.05) is 33.8 Å². The van der Waals surface area contributed by atoms with Gasteiger partial charge in [-0.1, -0.05) is 0 Å². The van der Waals surface area contributed by atoms with Crippen LogP contribution in [0, 0.1) is 13.8 Å². The van der Waals surface area contributed by atoms with E-state index in [0.29, 0.717) is 36.2 Å². The number of carbonyl (C=O) groups excluding carboxylic acids is 1. The molecule has 0 atom stereocenters. The van der Waals surface area contributed by atoms with Gasteiger partial charge >= 0.3 is 0 Å². The lowest BCUT2D eigenvalue weighted by molar-refractivity contribution is 0.102. The molecule has 0 saturated carbocycles. The van der Waals surface area contributed by atoms with Crippen molar-refractivity contribution in [3.8, 4) is 11.5 Å². The second-order valence-electron chi connectivity index (χ2n) is 4.96. The van der Waals surface area contributed by atoms with Crippen molar-refractivity contribution in [1.82, 2.24) is 9.97 Å². The van der Waals surface area contributed by atoms with E-state index >= 15 is 0 Å². The minimum absolute atomic E-state index is 0.291. The Balaban J connectivity index is 2.23. The molecule has 0 fully saturated rings. The summed E-state index contributed by atoms with van der Waals surface area (Å²) in [6, 6.07) is 6.92. The molecular weight excluding hydrogens is 294 g/mol. The Bertz CT molecular complexity index is 681. The lowest BCUT2D eigenvalue weighted by atomic mass is 10.2. The van der Waals surface area contributed by atoms with Crippen LogP contribution >= 0.6 is 0 Å². The molecule has 1 amide bonds. The van der Waals surface area contributed by atoms with Crippen molar-refractivity contribution in [2.75, 3.05) is 18.5 Å². The molecule has 1 aromatic carbocycles. The first-order valence-electron chi connectivity index (χ1n) is 7.56. The number of nitrogens with zero attached hydrogens (tertiary/aromatic N) is 2. The van der Waals surface area contributed by atoms with E-state index in [2.05, 4.69) is 15.3 Å². The van der Waals surface area contributed by atoms with Crippen LogP contribution in [0.15, 0.2) is 24.3 Å². The SMILES string of the molecule is CCOc1ccc(C(=O)Nc2nc(C)cc(C)n2)cc1OCC. The lowest BCUT2D eigenvalue weighted by Gasteiger charge is -2.12. The second-order valence-corrected chi connectivity index (χ2v) is 4.96. The molecule has 0 spiro atoms. The summed E-state index contributed by atoms with van der Waals surface area (Å²) in [7, 11) is 0. The fraction of sp³-hybridized carbons (Fsp3) is 0.353. The zero-order valence-corrected chi connectivity index (χ0v) is 13.8. The van der Waals surface area contributed by atoms with Crippen LogP contribution < -0.4 is 14.8 Å². The van der Waals surface area contributed by atoms with E-state index in [9.17, 15) is 4.79 Å². The molecule has 0 radical (unpaired) electrons. The van der Waals surface area contributed by atoms with Crippen molar-refractivity contribution in [1.29, 1.82) is 0 Å². The van der Waals surface area contributed by atoms with Gasteiger partial charge in [-0.3, -0.25) is 10.1 Å². The number of hydrogen-bond acceptors (Lipinski definition) is 5. The molecule has 2 aromatic rings. The Morgan fingerprint density at radius 3 is 2.22 bits per heavy atom. The number of hydrogen-bond donors (Lipinski definition) is 1. The Morgan fingerprint density at radius 2 is 1.61 bits per heavy atom. The third-order valence-corrected chi connectivity index (χ3v) is 3.01. The highest BCUT2D eigenvalue weighted by molar-refractivity contribution is 6.03. The van der Waals surface area contributed by atoms with Gasteiger partial charge < -0.3 is 9.47 Å². The molecular formula is C17H21N3O3. The predicted octanol–water partition coefficient (Wildman–Crippen LogP) is 3.14. The molecule has 0 saturated heterocycles. The van der Waals surface area contributed by atoms with E-state index in [0.717, 1.165) is 11.4 Å². The van der Waals surface area contributed by atoms with Crippen LogP contribution in [-0.2, 0) is 0 Å². The summed E-state index contributed by atoms with van der Waals surface area (Å²) in [6.07, 6.45) is 0. The van der Waals surface area contributed by atoms with E-state index in [1.54, 1.807) is 18.2 Å². The minimum atomic E-state index is -0.293. The number of ether oxygens (including phenoxy) is 2. The van der Waals surface area contributed by atoms with Gasteiger partial charge in [-0.25, -0.2) is 9.97 Å². The Kier molecular flexibility index (Phi) is 5.51. The van der Waals surface area contributed by atoms with Crippen LogP contribution in [0.4, 0.5) is 5.95 Å². The maximum Gasteiger partial charge on any atom is 0.258 e. The molecule has 0 aliphatic heterocycles. The molecule has 2 rings (SSSR count). The normalized spacial score (nSPS) is 10.3. The highest BCUT2D eigenvalue weighted by atomic mass is 16.5. The third kappa shape index (κ3) is 4.42. The van der Waals surface area contributed by atoms with Gasteiger partial charge in [0, 0.05) is 17.0 Å². The summed E-state index contributed by atoms with van der Waals surface area (Å²) in [4.78, 5) is 20.8. The smallest absolute Gasteiger partial charge is 0.258 e. The number of anilines is 1. The highest BCUT2D eigenvalue weighted by Gasteiger charge is 2.13. The molecule has 0 aliphatic rings. The number of carbonyl (C=O) groups is 1. The molecule has 1 aromatic heterocycles. The monoisotopic (exact) mass is 315 g/mol. The first-order chi connectivity index (χ1) is 11.0. The maximum absolute atomic E-state index is 12.4. The predicted molar refractivity (Wildman–Crippen MR) is 88.2 cm³/mol. The molecule has 0 bridgehead atoms. The van der Waals surface area contributed by atoms with Gasteiger partial charge in [0.1, 0.15) is 0 Å². The Labute approximate surface area is 135 Å². The van der Waals surface area contributed by atoms with Crippen molar-refractivity contribution >= 4 is 11.9 Å². The van der Waals surface area contributed by atoms with Gasteiger partial charge in [-0.2, -0.15) is 0 Å². The molecule has 6 nitrogen and oxygen atoms in total. The number of nitrogens with one attached hydrogen (secondary N) is 1. The second kappa shape index (κ2) is 7.58. The van der Waals surface area contributed by atoms with Crippen molar-refractivity contribution in [2.24, 2.45) is 0 Å². The molecule has 122 valence electrons. The maximum atomic E-state index is 12.4. The Morgan fingerprint density at radius 1 is 1.00 bits per heavy atom. The fourth-order valence-corrected chi connectivity index (χ4v) is 2.15. The summed E-state index contributed by atoms with van der Waals surface area (Å²) in [5.41, 5.74) is 2.06. The topological polar surface area (TPSA) is 73.3 Å². The number of benzene rings is 1. The highest BCUT2D eigenvalue weighted by Crippen LogP contribution is 2.28. The van der Waals surface area contributed by atoms with Crippen LogP contribution in [0.25, 0.3) is 0 Å². The molecule has 23 heavy (non-hydrogen) atoms. The lowest BCUT2D eigenvalue weighted by Crippen LogP contribution is -2.15. The van der Waals surface area contributed by atoms with Gasteiger partial charge in [-0.05, 0) is 52.0 Å². The molecule has 1 heterocycles. The van der Waals surface area contributed by atoms with Gasteiger partial charge in [-0.15, -0.1) is 0 Å². The summed E-state index contributed by atoms with van der Waals surface area (Å²) in [5, 5.41) is 2.70. The third-order valence-electron chi connectivity index (χ3n) is 3.01. The van der Waals surface area contributed by atoms with Gasteiger partial charge in [0.25, 0.3) is 5.91 Å². The van der Waals surface area contributed by atoms with Gasteiger partial charge in [0.15, 0.2) is 11.5 Å². The van der Waals surface area contributed by atoms with Crippen LogP contribution in [0.5, 0.6) is 11.5 Å². The van der Waals surface area contributed by atoms with E-state index in [1.165, 1.54) is 0 Å². The molecule has 1 N–H and O–H groups in total. The summed E-state index contributed by atoms with van der Waals surface area (Å²) in [6.45, 7) is 8.51. The Hall–Kier alpha value is -2.63. The van der Waals surface area contributed by atoms with Gasteiger partial charge in [0.2, 0.25) is 5.95 Å². The summed E-state index contributed by atoms with van der Waals surface area (Å²) < 4.78 is 11.0. The molecule has 6 heteroatoms. The van der Waals surface area contributed by atoms with Crippen molar-refractivity contribution in [2.45, 2.75) is 27.7 Å². The number of aromatic nitrogens is 2. The zero-order valence-electron chi connectivity index (χ0n) is 13.8. The van der Waals surface area contributed by atoms with Crippen LogP contribution in [0.3, 0.4) is 0 Å². The van der Waals surface area contributed by atoms with Crippen molar-refractivity contribution in [3.05, 3.63) is 41.2 Å². The van der Waals surface area contributed by atoms with Crippen LogP contribution in [0.2, 0.25) is 0 Å². The van der Waals surface area contributed by atoms with Crippen LogP contribution in [0.1, 0.15) is 35.6 Å². The number of rotatable bonds is 6. The molecule has 0 unspecified atom stereocenters. The first-order valence-corrected chi connectivity index (χ1v) is 7.56. The van der Waals surface area contributed by atoms with Crippen LogP contribution in [-0.4, -0.2) is 29.1 Å². The number of amides is 1. The summed E-state index contributed by atoms with van der Waals surface area (Å²) in [5.74, 6) is 1.16. The largest absolute Gasteiger partial charge is 0.490 e. The van der Waals surface area contributed by atoms with E-state index < -0.39 is 0 Å². The quantitative estimate of drug-likeness (QED) is 0.886. The summed E-state index contributed by atoms with van der Waals surface area (Å²) >= 11 is 0. The zero-order chi connectivity index (χ0) is 16.8. The average molecular weight is 315 g/mol. The average Bonchev–Trinajstić information content (AvgIpc) is 2.48. The minimum Gasteiger partial charge on any atom is -0.490 e.